The number of rotatable bonds is 1. The Morgan fingerprint density at radius 3 is 2.93 bits per heavy atom. The largest absolute Gasteiger partial charge is 0.508 e. The minimum atomic E-state index is -0.311. The first-order valence-electron chi connectivity index (χ1n) is 5.50. The minimum absolute atomic E-state index is 0.0336. The molecule has 1 aliphatic heterocycles. The molecule has 1 aromatic carbocycles. The van der Waals surface area contributed by atoms with Crippen LogP contribution in [0.3, 0.4) is 0 Å². The molecule has 1 fully saturated rings. The predicted molar refractivity (Wildman–Crippen MR) is 57.3 cm³/mol. The van der Waals surface area contributed by atoms with Crippen molar-refractivity contribution < 1.29 is 9.50 Å². The molecule has 0 saturated carbocycles. The van der Waals surface area contributed by atoms with Crippen LogP contribution in [0.1, 0.15) is 37.3 Å². The van der Waals surface area contributed by atoms with Crippen molar-refractivity contribution >= 4 is 0 Å². The third kappa shape index (κ3) is 2.29. The van der Waals surface area contributed by atoms with Crippen LogP contribution in [-0.2, 0) is 0 Å². The van der Waals surface area contributed by atoms with Crippen LogP contribution in [0.25, 0.3) is 0 Å². The highest BCUT2D eigenvalue weighted by Crippen LogP contribution is 2.31. The van der Waals surface area contributed by atoms with Gasteiger partial charge in [0, 0.05) is 11.6 Å². The van der Waals surface area contributed by atoms with Gasteiger partial charge < -0.3 is 10.4 Å². The first kappa shape index (κ1) is 10.4. The maximum absolute atomic E-state index is 13.6. The van der Waals surface area contributed by atoms with Crippen molar-refractivity contribution in [1.82, 2.24) is 5.32 Å². The molecule has 0 bridgehead atoms. The molecule has 0 aliphatic carbocycles. The number of hydrogen-bond donors (Lipinski definition) is 2. The summed E-state index contributed by atoms with van der Waals surface area (Å²) in [6.07, 6.45) is 4.30. The highest BCUT2D eigenvalue weighted by molar-refractivity contribution is 5.36. The van der Waals surface area contributed by atoms with Crippen molar-refractivity contribution in [1.29, 1.82) is 0 Å². The molecule has 2 N–H and O–H groups in total. The topological polar surface area (TPSA) is 32.3 Å². The Balaban J connectivity index is 2.26. The van der Waals surface area contributed by atoms with Crippen molar-refractivity contribution in [3.05, 3.63) is 29.6 Å². The molecule has 0 aromatic heterocycles. The van der Waals surface area contributed by atoms with Crippen molar-refractivity contribution in [2.75, 3.05) is 6.54 Å². The van der Waals surface area contributed by atoms with Gasteiger partial charge in [0.15, 0.2) is 0 Å². The number of halogens is 1. The van der Waals surface area contributed by atoms with Gasteiger partial charge in [0.25, 0.3) is 0 Å². The maximum Gasteiger partial charge on any atom is 0.131 e. The third-order valence-corrected chi connectivity index (χ3v) is 2.94. The lowest BCUT2D eigenvalue weighted by Gasteiger charge is -2.17. The third-order valence-electron chi connectivity index (χ3n) is 2.94. The van der Waals surface area contributed by atoms with Crippen molar-refractivity contribution in [3.8, 4) is 5.75 Å². The van der Waals surface area contributed by atoms with Crippen LogP contribution in [0.2, 0.25) is 0 Å². The zero-order valence-corrected chi connectivity index (χ0v) is 8.67. The second kappa shape index (κ2) is 4.62. The summed E-state index contributed by atoms with van der Waals surface area (Å²) >= 11 is 0. The number of phenols is 1. The van der Waals surface area contributed by atoms with E-state index in [4.69, 9.17) is 0 Å². The smallest absolute Gasteiger partial charge is 0.131 e. The van der Waals surface area contributed by atoms with Crippen LogP contribution in [0, 0.1) is 5.82 Å². The molecule has 0 spiro atoms. The molecule has 0 amide bonds. The van der Waals surface area contributed by atoms with E-state index in [1.54, 1.807) is 6.07 Å². The molecule has 2 nitrogen and oxygen atoms in total. The fraction of sp³-hybridized carbons (Fsp3) is 0.500. The molecular formula is C12H16FNO. The van der Waals surface area contributed by atoms with Gasteiger partial charge in [-0.3, -0.25) is 0 Å². The van der Waals surface area contributed by atoms with E-state index in [1.165, 1.54) is 18.6 Å². The van der Waals surface area contributed by atoms with Gasteiger partial charge >= 0.3 is 0 Å². The number of phenolic OH excluding ortho intramolecular Hbond substituents is 1. The molecule has 1 aromatic rings. The molecule has 1 saturated heterocycles. The molecule has 0 radical (unpaired) electrons. The summed E-state index contributed by atoms with van der Waals surface area (Å²) in [5, 5.41) is 12.9. The minimum Gasteiger partial charge on any atom is -0.508 e. The lowest BCUT2D eigenvalue weighted by molar-refractivity contribution is 0.427. The Labute approximate surface area is 89.1 Å². The molecule has 1 unspecified atom stereocenters. The Hall–Kier alpha value is -1.09. The van der Waals surface area contributed by atoms with Crippen molar-refractivity contribution in [2.24, 2.45) is 0 Å². The van der Waals surface area contributed by atoms with Gasteiger partial charge in [0.1, 0.15) is 11.6 Å². The van der Waals surface area contributed by atoms with Crippen LogP contribution < -0.4 is 5.32 Å². The molecule has 1 atom stereocenters. The summed E-state index contributed by atoms with van der Waals surface area (Å²) < 4.78 is 13.6. The average molecular weight is 209 g/mol. The van der Waals surface area contributed by atoms with Crippen LogP contribution in [0.15, 0.2) is 18.2 Å². The summed E-state index contributed by atoms with van der Waals surface area (Å²) in [6, 6.07) is 4.45. The van der Waals surface area contributed by atoms with E-state index in [2.05, 4.69) is 5.32 Å². The van der Waals surface area contributed by atoms with Gasteiger partial charge in [-0.1, -0.05) is 18.9 Å². The zero-order valence-electron chi connectivity index (χ0n) is 8.67. The molecule has 1 aliphatic rings. The fourth-order valence-corrected chi connectivity index (χ4v) is 2.15. The Kier molecular flexibility index (Phi) is 3.21. The normalized spacial score (nSPS) is 22.3. The summed E-state index contributed by atoms with van der Waals surface area (Å²) in [7, 11) is 0. The van der Waals surface area contributed by atoms with Gasteiger partial charge in [-0.2, -0.15) is 0 Å². The van der Waals surface area contributed by atoms with Gasteiger partial charge in [-0.15, -0.1) is 0 Å². The molecule has 1 heterocycles. The van der Waals surface area contributed by atoms with Crippen LogP contribution in [0.4, 0.5) is 4.39 Å². The van der Waals surface area contributed by atoms with E-state index >= 15 is 0 Å². The Bertz CT molecular complexity index is 312. The van der Waals surface area contributed by atoms with Crippen molar-refractivity contribution in [3.63, 3.8) is 0 Å². The van der Waals surface area contributed by atoms with Gasteiger partial charge in [0.05, 0.1) is 0 Å². The fourth-order valence-electron chi connectivity index (χ4n) is 2.15. The summed E-state index contributed by atoms with van der Waals surface area (Å²) in [6.45, 7) is 0.901. The van der Waals surface area contributed by atoms with E-state index in [1.807, 2.05) is 0 Å². The number of benzene rings is 1. The van der Waals surface area contributed by atoms with E-state index in [0.29, 0.717) is 5.56 Å². The zero-order chi connectivity index (χ0) is 10.7. The Morgan fingerprint density at radius 2 is 2.13 bits per heavy atom. The van der Waals surface area contributed by atoms with E-state index < -0.39 is 0 Å². The van der Waals surface area contributed by atoms with Gasteiger partial charge in [-0.05, 0) is 31.5 Å². The van der Waals surface area contributed by atoms with Gasteiger partial charge in [-0.25, -0.2) is 4.39 Å². The molecule has 2 rings (SSSR count). The summed E-state index contributed by atoms with van der Waals surface area (Å²) in [5.74, 6) is -0.246. The van der Waals surface area contributed by atoms with Crippen molar-refractivity contribution in [2.45, 2.75) is 31.7 Å². The number of aromatic hydroxyl groups is 1. The lowest BCUT2D eigenvalue weighted by atomic mass is 10.0. The van der Waals surface area contributed by atoms with Crippen LogP contribution >= 0.6 is 0 Å². The highest BCUT2D eigenvalue weighted by Gasteiger charge is 2.20. The first-order chi connectivity index (χ1) is 7.29. The van der Waals surface area contributed by atoms with Crippen LogP contribution in [-0.4, -0.2) is 11.7 Å². The second-order valence-corrected chi connectivity index (χ2v) is 4.03. The monoisotopic (exact) mass is 209 g/mol. The summed E-state index contributed by atoms with van der Waals surface area (Å²) in [4.78, 5) is 0. The highest BCUT2D eigenvalue weighted by atomic mass is 19.1. The standard InChI is InChI=1S/C12H16FNO/c13-9-5-4-7-11(15)12(9)10-6-2-1-3-8-14-10/h4-5,7,10,14-15H,1-3,6,8H2. The number of hydrogen-bond acceptors (Lipinski definition) is 2. The quantitative estimate of drug-likeness (QED) is 0.745. The summed E-state index contributed by atoms with van der Waals surface area (Å²) in [5.41, 5.74) is 0.430. The van der Waals surface area contributed by atoms with E-state index in [9.17, 15) is 9.50 Å². The Morgan fingerprint density at radius 1 is 1.27 bits per heavy atom. The van der Waals surface area contributed by atoms with Gasteiger partial charge in [0.2, 0.25) is 0 Å². The number of nitrogens with one attached hydrogen (secondary N) is 1. The molecule has 3 heteroatoms. The van der Waals surface area contributed by atoms with E-state index in [-0.39, 0.29) is 17.6 Å². The SMILES string of the molecule is Oc1cccc(F)c1C1CCCCCN1. The van der Waals surface area contributed by atoms with E-state index in [0.717, 1.165) is 25.8 Å². The second-order valence-electron chi connectivity index (χ2n) is 4.03. The predicted octanol–water partition coefficient (Wildman–Crippen LogP) is 2.74. The van der Waals surface area contributed by atoms with Crippen LogP contribution in [0.5, 0.6) is 5.75 Å². The molecule has 15 heavy (non-hydrogen) atoms. The molecule has 82 valence electrons. The first-order valence-corrected chi connectivity index (χ1v) is 5.50. The average Bonchev–Trinajstić information content (AvgIpc) is 2.46. The lowest BCUT2D eigenvalue weighted by Crippen LogP contribution is -2.21. The maximum atomic E-state index is 13.6. The molecular weight excluding hydrogens is 193 g/mol.